The molecule has 4 rings (SSSR count). The molecule has 0 spiro atoms. The first-order valence-electron chi connectivity index (χ1n) is 9.57. The molecule has 0 aromatic carbocycles. The maximum atomic E-state index is 12.3. The second-order valence-electron chi connectivity index (χ2n) is 7.47. The van der Waals surface area contributed by atoms with Crippen LogP contribution in [0.25, 0.3) is 22.3 Å². The number of anilines is 2. The van der Waals surface area contributed by atoms with Crippen LogP contribution in [0, 0.1) is 16.7 Å². The van der Waals surface area contributed by atoms with Crippen LogP contribution in [0.1, 0.15) is 26.7 Å². The standard InChI is InChI=1S/C21H23N7O/c1-11(12(2)22)19(23)21(29)27-16-7-14-8-17(28-20(14)25-10-16)13-5-6-24-18(9-13)26-15-3-4-15/h5-11,15,22-23H,3-4H2,1-2H3,(H,24,26)(H,25,28)(H,27,29). The Labute approximate surface area is 168 Å². The molecule has 1 atom stereocenters. The van der Waals surface area contributed by atoms with E-state index in [4.69, 9.17) is 10.8 Å². The van der Waals surface area contributed by atoms with Crippen LogP contribution in [0.3, 0.4) is 0 Å². The zero-order chi connectivity index (χ0) is 20.5. The van der Waals surface area contributed by atoms with Crippen LogP contribution in [0.2, 0.25) is 0 Å². The van der Waals surface area contributed by atoms with Gasteiger partial charge in [0.2, 0.25) is 0 Å². The Bertz CT molecular complexity index is 1110. The van der Waals surface area contributed by atoms with E-state index in [-0.39, 0.29) is 11.4 Å². The highest BCUT2D eigenvalue weighted by molar-refractivity contribution is 6.45. The fourth-order valence-corrected chi connectivity index (χ4v) is 2.96. The number of aromatic amines is 1. The summed E-state index contributed by atoms with van der Waals surface area (Å²) in [4.78, 5) is 24.3. The SMILES string of the molecule is CC(=N)C(C)C(=N)C(=O)Nc1cnc2[nH]c(-c3ccnc(NC4CC4)c3)cc2c1. The summed E-state index contributed by atoms with van der Waals surface area (Å²) in [6.07, 6.45) is 5.71. The Morgan fingerprint density at radius 3 is 2.76 bits per heavy atom. The topological polar surface area (TPSA) is 130 Å². The van der Waals surface area contributed by atoms with Crippen molar-refractivity contribution in [3.8, 4) is 11.3 Å². The quantitative estimate of drug-likeness (QED) is 0.393. The summed E-state index contributed by atoms with van der Waals surface area (Å²) < 4.78 is 0. The number of fused-ring (bicyclic) bond motifs is 1. The summed E-state index contributed by atoms with van der Waals surface area (Å²) in [5.74, 6) is -0.180. The Hall–Kier alpha value is -3.55. The van der Waals surface area contributed by atoms with Crippen molar-refractivity contribution in [2.45, 2.75) is 32.7 Å². The van der Waals surface area contributed by atoms with E-state index in [0.29, 0.717) is 17.4 Å². The van der Waals surface area contributed by atoms with Crippen molar-refractivity contribution in [1.29, 1.82) is 10.8 Å². The number of aromatic nitrogens is 3. The van der Waals surface area contributed by atoms with Crippen molar-refractivity contribution >= 4 is 39.9 Å². The molecule has 0 saturated heterocycles. The minimum absolute atomic E-state index is 0.139. The lowest BCUT2D eigenvalue weighted by atomic mass is 10.0. The molecule has 0 bridgehead atoms. The van der Waals surface area contributed by atoms with Crippen molar-refractivity contribution in [1.82, 2.24) is 15.0 Å². The first kappa shape index (κ1) is 18.8. The first-order chi connectivity index (χ1) is 13.9. The number of nitrogens with one attached hydrogen (secondary N) is 5. The van der Waals surface area contributed by atoms with Crippen molar-refractivity contribution < 1.29 is 4.79 Å². The molecule has 1 fully saturated rings. The van der Waals surface area contributed by atoms with E-state index in [1.165, 1.54) is 12.8 Å². The van der Waals surface area contributed by atoms with E-state index < -0.39 is 11.8 Å². The lowest BCUT2D eigenvalue weighted by Crippen LogP contribution is -2.30. The van der Waals surface area contributed by atoms with Crippen molar-refractivity contribution in [3.63, 3.8) is 0 Å². The number of hydrogen-bond donors (Lipinski definition) is 5. The summed E-state index contributed by atoms with van der Waals surface area (Å²) >= 11 is 0. The molecule has 0 radical (unpaired) electrons. The summed E-state index contributed by atoms with van der Waals surface area (Å²) in [5.41, 5.74) is 3.28. The fraction of sp³-hybridized carbons (Fsp3) is 0.286. The number of pyridine rings is 2. The van der Waals surface area contributed by atoms with Crippen LogP contribution >= 0.6 is 0 Å². The van der Waals surface area contributed by atoms with Gasteiger partial charge in [-0.1, -0.05) is 6.92 Å². The van der Waals surface area contributed by atoms with Gasteiger partial charge in [-0.25, -0.2) is 9.97 Å². The number of carbonyl (C=O) groups excluding carboxylic acids is 1. The van der Waals surface area contributed by atoms with Gasteiger partial charge in [-0.05, 0) is 44.0 Å². The van der Waals surface area contributed by atoms with E-state index in [9.17, 15) is 4.79 Å². The van der Waals surface area contributed by atoms with Gasteiger partial charge in [-0.3, -0.25) is 10.2 Å². The third kappa shape index (κ3) is 4.16. The number of carbonyl (C=O) groups is 1. The van der Waals surface area contributed by atoms with Gasteiger partial charge in [0, 0.05) is 40.5 Å². The zero-order valence-corrected chi connectivity index (χ0v) is 16.3. The maximum absolute atomic E-state index is 12.3. The molecule has 3 heterocycles. The fourth-order valence-electron chi connectivity index (χ4n) is 2.96. The summed E-state index contributed by atoms with van der Waals surface area (Å²) in [6.45, 7) is 3.26. The molecule has 1 aliphatic rings. The minimum atomic E-state index is -0.522. The monoisotopic (exact) mass is 389 g/mol. The Kier molecular flexibility index (Phi) is 4.84. The number of nitrogens with zero attached hydrogens (tertiary/aromatic N) is 2. The van der Waals surface area contributed by atoms with E-state index in [0.717, 1.165) is 22.5 Å². The second-order valence-corrected chi connectivity index (χ2v) is 7.47. The zero-order valence-electron chi connectivity index (χ0n) is 16.3. The molecule has 1 amide bonds. The van der Waals surface area contributed by atoms with Crippen LogP contribution in [-0.2, 0) is 4.79 Å². The minimum Gasteiger partial charge on any atom is -0.367 e. The van der Waals surface area contributed by atoms with Crippen molar-refractivity contribution in [3.05, 3.63) is 36.7 Å². The molecule has 1 saturated carbocycles. The second kappa shape index (κ2) is 7.46. The molecule has 29 heavy (non-hydrogen) atoms. The van der Waals surface area contributed by atoms with Gasteiger partial charge in [-0.15, -0.1) is 0 Å². The molecular weight excluding hydrogens is 366 g/mol. The van der Waals surface area contributed by atoms with Crippen LogP contribution in [0.15, 0.2) is 36.7 Å². The highest BCUT2D eigenvalue weighted by atomic mass is 16.1. The first-order valence-corrected chi connectivity index (χ1v) is 9.57. The number of hydrogen-bond acceptors (Lipinski definition) is 6. The van der Waals surface area contributed by atoms with Gasteiger partial charge in [0.1, 0.15) is 17.2 Å². The van der Waals surface area contributed by atoms with Crippen LogP contribution < -0.4 is 10.6 Å². The summed E-state index contributed by atoms with van der Waals surface area (Å²) in [5, 5.41) is 22.5. The molecule has 1 unspecified atom stereocenters. The van der Waals surface area contributed by atoms with Crippen LogP contribution in [0.4, 0.5) is 11.5 Å². The van der Waals surface area contributed by atoms with E-state index in [1.54, 1.807) is 26.2 Å². The van der Waals surface area contributed by atoms with E-state index >= 15 is 0 Å². The molecular formula is C21H23N7O. The third-order valence-corrected chi connectivity index (χ3v) is 5.06. The number of amides is 1. The molecule has 3 aromatic rings. The third-order valence-electron chi connectivity index (χ3n) is 5.06. The van der Waals surface area contributed by atoms with E-state index in [2.05, 4.69) is 25.6 Å². The molecule has 1 aliphatic carbocycles. The molecule has 148 valence electrons. The molecule has 3 aromatic heterocycles. The lowest BCUT2D eigenvalue weighted by molar-refractivity contribution is -0.110. The van der Waals surface area contributed by atoms with Gasteiger partial charge < -0.3 is 21.0 Å². The molecule has 5 N–H and O–H groups in total. The lowest BCUT2D eigenvalue weighted by Gasteiger charge is -2.11. The average Bonchev–Trinajstić information content (AvgIpc) is 3.41. The maximum Gasteiger partial charge on any atom is 0.270 e. The Morgan fingerprint density at radius 2 is 2.03 bits per heavy atom. The largest absolute Gasteiger partial charge is 0.367 e. The molecule has 8 heteroatoms. The highest BCUT2D eigenvalue weighted by Gasteiger charge is 2.21. The van der Waals surface area contributed by atoms with Crippen molar-refractivity contribution in [2.24, 2.45) is 5.92 Å². The Morgan fingerprint density at radius 1 is 1.24 bits per heavy atom. The molecule has 8 nitrogen and oxygen atoms in total. The van der Waals surface area contributed by atoms with Gasteiger partial charge in [-0.2, -0.15) is 0 Å². The summed E-state index contributed by atoms with van der Waals surface area (Å²) in [6, 6.07) is 8.28. The highest BCUT2D eigenvalue weighted by Crippen LogP contribution is 2.28. The normalized spacial score (nSPS) is 14.4. The number of rotatable bonds is 7. The smallest absolute Gasteiger partial charge is 0.270 e. The van der Waals surface area contributed by atoms with Crippen molar-refractivity contribution in [2.75, 3.05) is 10.6 Å². The predicted octanol–water partition coefficient (Wildman–Crippen LogP) is 3.83. The van der Waals surface area contributed by atoms with Gasteiger partial charge in [0.15, 0.2) is 0 Å². The van der Waals surface area contributed by atoms with Gasteiger partial charge >= 0.3 is 0 Å². The predicted molar refractivity (Wildman–Crippen MR) is 115 cm³/mol. The Balaban J connectivity index is 1.54. The summed E-state index contributed by atoms with van der Waals surface area (Å²) in [7, 11) is 0. The van der Waals surface area contributed by atoms with Gasteiger partial charge in [0.05, 0.1) is 11.9 Å². The average molecular weight is 389 g/mol. The number of H-pyrrole nitrogens is 1. The van der Waals surface area contributed by atoms with Gasteiger partial charge in [0.25, 0.3) is 5.91 Å². The molecule has 0 aliphatic heterocycles. The van der Waals surface area contributed by atoms with E-state index in [1.807, 2.05) is 24.3 Å². The van der Waals surface area contributed by atoms with Crippen LogP contribution in [-0.4, -0.2) is 38.3 Å². The van der Waals surface area contributed by atoms with Crippen LogP contribution in [0.5, 0.6) is 0 Å².